The fourth-order valence-corrected chi connectivity index (χ4v) is 1.71. The molecule has 2 N–H and O–H groups in total. The third-order valence-electron chi connectivity index (χ3n) is 2.64. The Morgan fingerprint density at radius 1 is 1.29 bits per heavy atom. The average Bonchev–Trinajstić information content (AvgIpc) is 2.42. The van der Waals surface area contributed by atoms with Gasteiger partial charge >= 0.3 is 0 Å². The van der Waals surface area contributed by atoms with Crippen molar-refractivity contribution in [2.24, 2.45) is 5.92 Å². The molecule has 0 bridgehead atoms. The molecule has 1 aromatic carbocycles. The van der Waals surface area contributed by atoms with Crippen LogP contribution in [0.25, 0.3) is 0 Å². The zero-order valence-electron chi connectivity index (χ0n) is 11.7. The normalized spacial score (nSPS) is 10.3. The Balaban J connectivity index is 2.51. The van der Waals surface area contributed by atoms with Crippen LogP contribution in [-0.2, 0) is 4.79 Å². The van der Waals surface area contributed by atoms with E-state index in [2.05, 4.69) is 10.6 Å². The van der Waals surface area contributed by atoms with E-state index < -0.39 is 10.8 Å². The molecule has 0 aliphatic rings. The van der Waals surface area contributed by atoms with Gasteiger partial charge in [-0.1, -0.05) is 25.4 Å². The van der Waals surface area contributed by atoms with Crippen molar-refractivity contribution in [2.75, 3.05) is 13.1 Å². The van der Waals surface area contributed by atoms with Gasteiger partial charge in [-0.25, -0.2) is 0 Å². The highest BCUT2D eigenvalue weighted by Gasteiger charge is 2.15. The largest absolute Gasteiger partial charge is 0.354 e. The molecule has 114 valence electrons. The van der Waals surface area contributed by atoms with Crippen molar-refractivity contribution in [3.63, 3.8) is 0 Å². The Bertz CT molecular complexity index is 560. The van der Waals surface area contributed by atoms with Gasteiger partial charge in [0.2, 0.25) is 5.91 Å². The summed E-state index contributed by atoms with van der Waals surface area (Å²) in [6.45, 7) is 4.11. The quantitative estimate of drug-likeness (QED) is 0.474. The minimum atomic E-state index is -0.620. The molecule has 0 aliphatic heterocycles. The standard InChI is InChI=1S/C13H16ClN3O4/c1-8(2)12(18)15-5-6-16-13(19)9-3-4-11(17(20)21)10(14)7-9/h3-4,7-8H,5-6H2,1-2H3,(H,15,18)(H,16,19). The van der Waals surface area contributed by atoms with Gasteiger partial charge in [0.25, 0.3) is 11.6 Å². The molecular formula is C13H16ClN3O4. The summed E-state index contributed by atoms with van der Waals surface area (Å²) >= 11 is 5.73. The van der Waals surface area contributed by atoms with Crippen LogP contribution in [0.4, 0.5) is 5.69 Å². The zero-order valence-corrected chi connectivity index (χ0v) is 12.4. The van der Waals surface area contributed by atoms with Crippen LogP contribution in [0.2, 0.25) is 5.02 Å². The predicted molar refractivity (Wildman–Crippen MR) is 78.3 cm³/mol. The molecule has 0 spiro atoms. The smallest absolute Gasteiger partial charge is 0.287 e. The van der Waals surface area contributed by atoms with E-state index in [0.717, 1.165) is 0 Å². The third-order valence-corrected chi connectivity index (χ3v) is 2.94. The highest BCUT2D eigenvalue weighted by Crippen LogP contribution is 2.24. The summed E-state index contributed by atoms with van der Waals surface area (Å²) in [6, 6.07) is 3.74. The van der Waals surface area contributed by atoms with Crippen molar-refractivity contribution in [1.29, 1.82) is 0 Å². The van der Waals surface area contributed by atoms with Gasteiger partial charge in [0, 0.05) is 30.6 Å². The van der Waals surface area contributed by atoms with Gasteiger partial charge in [0.15, 0.2) is 0 Å². The van der Waals surface area contributed by atoms with E-state index in [-0.39, 0.29) is 34.6 Å². The topological polar surface area (TPSA) is 101 Å². The predicted octanol–water partition coefficient (Wildman–Crippen LogP) is 1.75. The molecule has 0 aromatic heterocycles. The average molecular weight is 314 g/mol. The Kier molecular flexibility index (Phi) is 6.10. The van der Waals surface area contributed by atoms with Gasteiger partial charge in [0.1, 0.15) is 5.02 Å². The number of carbonyl (C=O) groups is 2. The van der Waals surface area contributed by atoms with Crippen LogP contribution in [0.3, 0.4) is 0 Å². The molecule has 2 amide bonds. The fourth-order valence-electron chi connectivity index (χ4n) is 1.46. The van der Waals surface area contributed by atoms with E-state index in [9.17, 15) is 19.7 Å². The number of carbonyl (C=O) groups excluding carboxylic acids is 2. The van der Waals surface area contributed by atoms with Crippen molar-refractivity contribution < 1.29 is 14.5 Å². The van der Waals surface area contributed by atoms with Crippen molar-refractivity contribution in [1.82, 2.24) is 10.6 Å². The maximum Gasteiger partial charge on any atom is 0.287 e. The number of amides is 2. The fraction of sp³-hybridized carbons (Fsp3) is 0.385. The highest BCUT2D eigenvalue weighted by molar-refractivity contribution is 6.33. The molecule has 0 saturated carbocycles. The number of halogens is 1. The minimum absolute atomic E-state index is 0.0948. The Morgan fingerprint density at radius 3 is 2.43 bits per heavy atom. The first-order chi connectivity index (χ1) is 9.82. The second-order valence-electron chi connectivity index (χ2n) is 4.62. The lowest BCUT2D eigenvalue weighted by Gasteiger charge is -2.09. The molecule has 1 rings (SSSR count). The first kappa shape index (κ1) is 16.9. The maximum absolute atomic E-state index is 11.8. The van der Waals surface area contributed by atoms with Gasteiger partial charge in [0.05, 0.1) is 4.92 Å². The van der Waals surface area contributed by atoms with E-state index in [0.29, 0.717) is 6.54 Å². The summed E-state index contributed by atoms with van der Waals surface area (Å²) in [5.41, 5.74) is -0.0294. The number of nitro groups is 1. The molecular weight excluding hydrogens is 298 g/mol. The lowest BCUT2D eigenvalue weighted by molar-refractivity contribution is -0.384. The molecule has 0 unspecified atom stereocenters. The summed E-state index contributed by atoms with van der Waals surface area (Å²) in [4.78, 5) is 33.1. The Hall–Kier alpha value is -2.15. The van der Waals surface area contributed by atoms with E-state index >= 15 is 0 Å². The first-order valence-corrected chi connectivity index (χ1v) is 6.70. The number of benzene rings is 1. The summed E-state index contributed by atoms with van der Waals surface area (Å²) < 4.78 is 0. The molecule has 7 nitrogen and oxygen atoms in total. The molecule has 8 heteroatoms. The van der Waals surface area contributed by atoms with Gasteiger partial charge < -0.3 is 10.6 Å². The molecule has 0 radical (unpaired) electrons. The van der Waals surface area contributed by atoms with Gasteiger partial charge in [-0.3, -0.25) is 19.7 Å². The highest BCUT2D eigenvalue weighted by atomic mass is 35.5. The van der Waals surface area contributed by atoms with E-state index in [1.54, 1.807) is 13.8 Å². The van der Waals surface area contributed by atoms with Crippen LogP contribution >= 0.6 is 11.6 Å². The Morgan fingerprint density at radius 2 is 1.90 bits per heavy atom. The van der Waals surface area contributed by atoms with E-state index in [4.69, 9.17) is 11.6 Å². The molecule has 0 heterocycles. The SMILES string of the molecule is CC(C)C(=O)NCCNC(=O)c1ccc([N+](=O)[O-])c(Cl)c1. The zero-order chi connectivity index (χ0) is 16.0. The molecule has 0 atom stereocenters. The summed E-state index contributed by atoms with van der Waals surface area (Å²) in [5.74, 6) is -0.623. The van der Waals surface area contributed by atoms with Crippen LogP contribution in [0.15, 0.2) is 18.2 Å². The lowest BCUT2D eigenvalue weighted by atomic mass is 10.2. The Labute approximate surface area is 126 Å². The van der Waals surface area contributed by atoms with Crippen LogP contribution in [0.1, 0.15) is 24.2 Å². The lowest BCUT2D eigenvalue weighted by Crippen LogP contribution is -2.36. The van der Waals surface area contributed by atoms with Crippen LogP contribution in [0, 0.1) is 16.0 Å². The van der Waals surface area contributed by atoms with Crippen LogP contribution in [-0.4, -0.2) is 29.8 Å². The van der Waals surface area contributed by atoms with Gasteiger partial charge in [-0.15, -0.1) is 0 Å². The molecule has 21 heavy (non-hydrogen) atoms. The van der Waals surface area contributed by atoms with Gasteiger partial charge in [-0.05, 0) is 12.1 Å². The maximum atomic E-state index is 11.8. The van der Waals surface area contributed by atoms with Crippen molar-refractivity contribution in [3.8, 4) is 0 Å². The van der Waals surface area contributed by atoms with E-state index in [1.165, 1.54) is 18.2 Å². The van der Waals surface area contributed by atoms with Crippen LogP contribution < -0.4 is 10.6 Å². The number of nitro benzene ring substituents is 1. The van der Waals surface area contributed by atoms with Crippen molar-refractivity contribution in [2.45, 2.75) is 13.8 Å². The number of hydrogen-bond donors (Lipinski definition) is 2. The molecule has 0 aliphatic carbocycles. The second-order valence-corrected chi connectivity index (χ2v) is 5.03. The summed E-state index contributed by atoms with van der Waals surface area (Å²) in [6.07, 6.45) is 0. The molecule has 1 aromatic rings. The van der Waals surface area contributed by atoms with Crippen molar-refractivity contribution >= 4 is 29.1 Å². The van der Waals surface area contributed by atoms with Crippen molar-refractivity contribution in [3.05, 3.63) is 38.9 Å². The monoisotopic (exact) mass is 313 g/mol. The summed E-state index contributed by atoms with van der Waals surface area (Å²) in [5, 5.41) is 15.8. The third kappa shape index (κ3) is 5.03. The summed E-state index contributed by atoms with van der Waals surface area (Å²) in [7, 11) is 0. The second kappa shape index (κ2) is 7.58. The number of rotatable bonds is 6. The van der Waals surface area contributed by atoms with Gasteiger partial charge in [-0.2, -0.15) is 0 Å². The number of nitrogens with zero attached hydrogens (tertiary/aromatic N) is 1. The number of nitrogens with one attached hydrogen (secondary N) is 2. The molecule has 0 fully saturated rings. The first-order valence-electron chi connectivity index (χ1n) is 6.32. The minimum Gasteiger partial charge on any atom is -0.354 e. The van der Waals surface area contributed by atoms with Crippen LogP contribution in [0.5, 0.6) is 0 Å². The van der Waals surface area contributed by atoms with E-state index in [1.807, 2.05) is 0 Å². The molecule has 0 saturated heterocycles. The number of hydrogen-bond acceptors (Lipinski definition) is 4.